The molecule has 0 unspecified atom stereocenters. The van der Waals surface area contributed by atoms with Gasteiger partial charge < -0.3 is 30.6 Å². The summed E-state index contributed by atoms with van der Waals surface area (Å²) in [6, 6.07) is 13.9. The van der Waals surface area contributed by atoms with E-state index in [4.69, 9.17) is 15.2 Å². The zero-order valence-electron chi connectivity index (χ0n) is 22.8. The van der Waals surface area contributed by atoms with Crippen LogP contribution >= 0.6 is 0 Å². The summed E-state index contributed by atoms with van der Waals surface area (Å²) in [6.45, 7) is 9.00. The molecule has 0 aliphatic heterocycles. The lowest BCUT2D eigenvalue weighted by Crippen LogP contribution is -2.41. The van der Waals surface area contributed by atoms with Gasteiger partial charge in [0.25, 0.3) is 5.91 Å². The fourth-order valence-corrected chi connectivity index (χ4v) is 3.35. The molecule has 0 atom stereocenters. The van der Waals surface area contributed by atoms with Gasteiger partial charge in [-0.05, 0) is 64.1 Å². The molecule has 1 amide bonds. The third kappa shape index (κ3) is 10.1. The number of anilines is 2. The van der Waals surface area contributed by atoms with E-state index >= 15 is 0 Å². The lowest BCUT2D eigenvalue weighted by atomic mass is 10.1. The molecule has 0 spiro atoms. The molecule has 0 aliphatic carbocycles. The molecule has 0 radical (unpaired) electrons. The second kappa shape index (κ2) is 13.1. The average Bonchev–Trinajstić information content (AvgIpc) is 2.91. The van der Waals surface area contributed by atoms with Gasteiger partial charge in [-0.2, -0.15) is 0 Å². The number of rotatable bonds is 13. The number of nitrogens with two attached hydrogens (primary N) is 1. The smallest absolute Gasteiger partial charge is 0.406 e. The molecule has 0 bridgehead atoms. The topological polar surface area (TPSA) is 121 Å². The highest BCUT2D eigenvalue weighted by Gasteiger charge is 2.31. The van der Waals surface area contributed by atoms with Gasteiger partial charge in [-0.3, -0.25) is 4.79 Å². The average molecular weight is 562 g/mol. The number of nitrogens with one attached hydrogen (secondary N) is 2. The van der Waals surface area contributed by atoms with Crippen molar-refractivity contribution in [1.29, 1.82) is 0 Å². The van der Waals surface area contributed by atoms with Crippen molar-refractivity contribution in [3.05, 3.63) is 66.5 Å². The van der Waals surface area contributed by atoms with E-state index in [2.05, 4.69) is 25.3 Å². The summed E-state index contributed by atoms with van der Waals surface area (Å²) in [6.07, 6.45) is -3.41. The fourth-order valence-electron chi connectivity index (χ4n) is 3.35. The molecule has 12 heteroatoms. The number of amides is 1. The normalized spacial score (nSPS) is 12.2. The molecule has 9 nitrogen and oxygen atoms in total. The second-order valence-electron chi connectivity index (χ2n) is 10.2. The summed E-state index contributed by atoms with van der Waals surface area (Å²) in [5.41, 5.74) is 6.89. The Morgan fingerprint density at radius 2 is 1.68 bits per heavy atom. The number of aromatic nitrogens is 2. The number of benzene rings is 2. The first kappa shape index (κ1) is 30.8. The number of hydrogen-bond donors (Lipinski definition) is 3. The predicted octanol–water partition coefficient (Wildman–Crippen LogP) is 5.06. The van der Waals surface area contributed by atoms with Gasteiger partial charge in [-0.15, -0.1) is 13.2 Å². The Morgan fingerprint density at radius 3 is 2.35 bits per heavy atom. The first-order valence-corrected chi connectivity index (χ1v) is 12.6. The van der Waals surface area contributed by atoms with Gasteiger partial charge in [0.05, 0.1) is 30.1 Å². The molecule has 0 saturated carbocycles. The number of carbonyl (C=O) groups is 1. The van der Waals surface area contributed by atoms with Crippen LogP contribution in [0.25, 0.3) is 11.3 Å². The highest BCUT2D eigenvalue weighted by molar-refractivity contribution is 5.95. The van der Waals surface area contributed by atoms with Crippen molar-refractivity contribution in [2.75, 3.05) is 31.6 Å². The number of carbonyl (C=O) groups excluding carboxylic acids is 1. The summed E-state index contributed by atoms with van der Waals surface area (Å²) in [5.74, 6) is -0.173. The molecule has 2 aromatic carbocycles. The fraction of sp³-hybridized carbons (Fsp3) is 0.393. The van der Waals surface area contributed by atoms with Gasteiger partial charge in [0.1, 0.15) is 17.9 Å². The minimum Gasteiger partial charge on any atom is -0.406 e. The Morgan fingerprint density at radius 1 is 0.950 bits per heavy atom. The van der Waals surface area contributed by atoms with Crippen LogP contribution in [0.3, 0.4) is 0 Å². The Balaban J connectivity index is 1.56. The van der Waals surface area contributed by atoms with E-state index in [1.165, 1.54) is 30.6 Å². The SMILES string of the molecule is CC(C)(CN)OCC(C)(C)OCCNC(=O)c1cccc(-c2cc(Nc3ccc(OC(F)(F)F)cc3)ncn2)c1. The molecule has 0 saturated heterocycles. The molecule has 0 fully saturated rings. The van der Waals surface area contributed by atoms with Crippen molar-refractivity contribution < 1.29 is 32.2 Å². The van der Waals surface area contributed by atoms with Crippen LogP contribution in [0.4, 0.5) is 24.7 Å². The van der Waals surface area contributed by atoms with Crippen LogP contribution < -0.4 is 21.1 Å². The van der Waals surface area contributed by atoms with Crippen molar-refractivity contribution in [3.8, 4) is 17.0 Å². The van der Waals surface area contributed by atoms with E-state index in [9.17, 15) is 18.0 Å². The Labute approximate surface area is 231 Å². The maximum absolute atomic E-state index is 12.7. The number of ether oxygens (including phenoxy) is 3. The van der Waals surface area contributed by atoms with E-state index in [1.54, 1.807) is 30.3 Å². The molecule has 1 heterocycles. The van der Waals surface area contributed by atoms with Crippen molar-refractivity contribution in [2.45, 2.75) is 45.3 Å². The van der Waals surface area contributed by atoms with Crippen LogP contribution in [0.1, 0.15) is 38.1 Å². The summed E-state index contributed by atoms with van der Waals surface area (Å²) in [7, 11) is 0. The van der Waals surface area contributed by atoms with E-state index in [-0.39, 0.29) is 11.7 Å². The van der Waals surface area contributed by atoms with Crippen molar-refractivity contribution >= 4 is 17.4 Å². The van der Waals surface area contributed by atoms with E-state index < -0.39 is 17.6 Å². The quantitative estimate of drug-likeness (QED) is 0.248. The molecule has 216 valence electrons. The van der Waals surface area contributed by atoms with Gasteiger partial charge in [0.2, 0.25) is 0 Å². The Kier molecular flexibility index (Phi) is 10.1. The van der Waals surface area contributed by atoms with Gasteiger partial charge >= 0.3 is 6.36 Å². The van der Waals surface area contributed by atoms with Crippen molar-refractivity contribution in [2.24, 2.45) is 5.73 Å². The zero-order chi connectivity index (χ0) is 29.4. The lowest BCUT2D eigenvalue weighted by Gasteiger charge is -2.31. The zero-order valence-corrected chi connectivity index (χ0v) is 22.8. The van der Waals surface area contributed by atoms with E-state index in [1.807, 2.05) is 27.7 Å². The predicted molar refractivity (Wildman–Crippen MR) is 145 cm³/mol. The number of halogens is 3. The molecular weight excluding hydrogens is 527 g/mol. The number of nitrogens with zero attached hydrogens (tertiary/aromatic N) is 2. The van der Waals surface area contributed by atoms with Crippen molar-refractivity contribution in [3.63, 3.8) is 0 Å². The third-order valence-electron chi connectivity index (χ3n) is 5.63. The van der Waals surface area contributed by atoms with Gasteiger partial charge in [0.15, 0.2) is 0 Å². The summed E-state index contributed by atoms with van der Waals surface area (Å²) in [5, 5.41) is 5.86. The third-order valence-corrected chi connectivity index (χ3v) is 5.63. The van der Waals surface area contributed by atoms with Crippen LogP contribution in [-0.2, 0) is 9.47 Å². The van der Waals surface area contributed by atoms with Crippen LogP contribution in [0, 0.1) is 0 Å². The summed E-state index contributed by atoms with van der Waals surface area (Å²) >= 11 is 0. The first-order chi connectivity index (χ1) is 18.8. The highest BCUT2D eigenvalue weighted by atomic mass is 19.4. The summed E-state index contributed by atoms with van der Waals surface area (Å²) < 4.78 is 52.7. The van der Waals surface area contributed by atoms with E-state index in [0.29, 0.717) is 54.6 Å². The van der Waals surface area contributed by atoms with E-state index in [0.717, 1.165) is 0 Å². The van der Waals surface area contributed by atoms with Gasteiger partial charge in [0, 0.05) is 36.0 Å². The minimum atomic E-state index is -4.76. The lowest BCUT2D eigenvalue weighted by molar-refractivity contribution is -0.274. The standard InChI is InChI=1S/C28H34F3N5O4/c1-26(2,16-32)39-17-27(3,4)38-13-12-33-25(37)20-7-5-6-19(14-20)23-15-24(35-18-34-23)36-21-8-10-22(11-9-21)40-28(29,30)31/h5-11,14-15,18H,12-13,16-17,32H2,1-4H3,(H,33,37)(H,34,35,36). The van der Waals surface area contributed by atoms with Crippen LogP contribution in [0.5, 0.6) is 5.75 Å². The van der Waals surface area contributed by atoms with Gasteiger partial charge in [-0.1, -0.05) is 12.1 Å². The minimum absolute atomic E-state index is 0.266. The monoisotopic (exact) mass is 561 g/mol. The highest BCUT2D eigenvalue weighted by Crippen LogP contribution is 2.26. The Hall–Kier alpha value is -3.74. The van der Waals surface area contributed by atoms with Crippen molar-refractivity contribution in [1.82, 2.24) is 15.3 Å². The maximum Gasteiger partial charge on any atom is 0.573 e. The number of alkyl halides is 3. The molecule has 3 aromatic rings. The Bertz CT molecular complexity index is 1270. The van der Waals surface area contributed by atoms with Crippen LogP contribution in [0.2, 0.25) is 0 Å². The van der Waals surface area contributed by atoms with Crippen LogP contribution in [0.15, 0.2) is 60.9 Å². The first-order valence-electron chi connectivity index (χ1n) is 12.6. The van der Waals surface area contributed by atoms with Gasteiger partial charge in [-0.25, -0.2) is 9.97 Å². The molecule has 3 rings (SSSR count). The molecule has 0 aliphatic rings. The molecule has 4 N–H and O–H groups in total. The second-order valence-corrected chi connectivity index (χ2v) is 10.2. The molecule has 40 heavy (non-hydrogen) atoms. The summed E-state index contributed by atoms with van der Waals surface area (Å²) in [4.78, 5) is 21.2. The largest absolute Gasteiger partial charge is 0.573 e. The maximum atomic E-state index is 12.7. The number of hydrogen-bond acceptors (Lipinski definition) is 8. The molecule has 1 aromatic heterocycles. The molecular formula is C28H34F3N5O4. The van der Waals surface area contributed by atoms with Crippen LogP contribution in [-0.4, -0.2) is 59.7 Å².